The number of thiazole rings is 1. The smallest absolute Gasteiger partial charge is 0.266 e. The van der Waals surface area contributed by atoms with Crippen LogP contribution in [-0.4, -0.2) is 60.9 Å². The van der Waals surface area contributed by atoms with Crippen LogP contribution in [0.2, 0.25) is 0 Å². The van der Waals surface area contributed by atoms with Crippen molar-refractivity contribution in [1.29, 1.82) is 0 Å². The predicted molar refractivity (Wildman–Crippen MR) is 125 cm³/mol. The Morgan fingerprint density at radius 1 is 1.18 bits per heavy atom. The standard InChI is InChI=1S/C22H24N4O5S2/c1-14-20(22(28)26-7-9-31-10-8-26)32-21(23-14)19-12-18(13-25(19)3)33(29,30)24-17-6-4-5-16(11-17)15(2)27/h4-6,11-13,24H,7-10H2,1-3H3. The van der Waals surface area contributed by atoms with E-state index in [0.29, 0.717) is 58.8 Å². The highest BCUT2D eigenvalue weighted by molar-refractivity contribution is 7.92. The fourth-order valence-electron chi connectivity index (χ4n) is 3.52. The van der Waals surface area contributed by atoms with Crippen LogP contribution in [0.25, 0.3) is 10.7 Å². The van der Waals surface area contributed by atoms with Gasteiger partial charge in [-0.2, -0.15) is 0 Å². The lowest BCUT2D eigenvalue weighted by atomic mass is 10.1. The van der Waals surface area contributed by atoms with Crippen LogP contribution in [0.4, 0.5) is 5.69 Å². The number of hydrogen-bond acceptors (Lipinski definition) is 7. The predicted octanol–water partition coefficient (Wildman–Crippen LogP) is 2.93. The van der Waals surface area contributed by atoms with Crippen LogP contribution < -0.4 is 4.72 Å². The normalized spacial score (nSPS) is 14.3. The molecule has 0 spiro atoms. The van der Waals surface area contributed by atoms with Crippen molar-refractivity contribution in [2.45, 2.75) is 18.7 Å². The largest absolute Gasteiger partial charge is 0.378 e. The van der Waals surface area contributed by atoms with E-state index in [1.807, 2.05) is 0 Å². The third-order valence-corrected chi connectivity index (χ3v) is 7.84. The number of ketones is 1. The zero-order chi connectivity index (χ0) is 23.8. The van der Waals surface area contributed by atoms with Gasteiger partial charge in [0.2, 0.25) is 0 Å². The lowest BCUT2D eigenvalue weighted by molar-refractivity contribution is 0.0305. The summed E-state index contributed by atoms with van der Waals surface area (Å²) in [4.78, 5) is 31.4. The number of nitrogens with zero attached hydrogens (tertiary/aromatic N) is 3. The Balaban J connectivity index is 1.60. The molecule has 1 N–H and O–H groups in total. The summed E-state index contributed by atoms with van der Waals surface area (Å²) in [6, 6.07) is 7.86. The number of aryl methyl sites for hydroxylation is 2. The number of sulfonamides is 1. The summed E-state index contributed by atoms with van der Waals surface area (Å²) in [6.45, 7) is 5.29. The van der Waals surface area contributed by atoms with Crippen molar-refractivity contribution in [3.63, 3.8) is 0 Å². The molecule has 1 aliphatic heterocycles. The van der Waals surface area contributed by atoms with Gasteiger partial charge >= 0.3 is 0 Å². The SMILES string of the molecule is CC(=O)c1cccc(NS(=O)(=O)c2cc(-c3nc(C)c(C(=O)N4CCOCC4)s3)n(C)c2)c1. The number of aromatic nitrogens is 2. The van der Waals surface area contributed by atoms with Gasteiger partial charge in [-0.1, -0.05) is 12.1 Å². The van der Waals surface area contributed by atoms with Gasteiger partial charge in [0.25, 0.3) is 15.9 Å². The summed E-state index contributed by atoms with van der Waals surface area (Å²) >= 11 is 1.24. The third-order valence-electron chi connectivity index (χ3n) is 5.32. The number of Topliss-reactive ketones (excluding diaryl/α,β-unsaturated/α-hetero) is 1. The molecule has 33 heavy (non-hydrogen) atoms. The average Bonchev–Trinajstić information content (AvgIpc) is 3.36. The highest BCUT2D eigenvalue weighted by Crippen LogP contribution is 2.31. The molecule has 1 fully saturated rings. The van der Waals surface area contributed by atoms with E-state index >= 15 is 0 Å². The molecule has 9 nitrogen and oxygen atoms in total. The minimum Gasteiger partial charge on any atom is -0.378 e. The number of ether oxygens (including phenoxy) is 1. The van der Waals surface area contributed by atoms with Crippen LogP contribution in [0.1, 0.15) is 32.6 Å². The fourth-order valence-corrected chi connectivity index (χ4v) is 5.74. The van der Waals surface area contributed by atoms with Gasteiger partial charge in [0.05, 0.1) is 24.6 Å². The number of anilines is 1. The van der Waals surface area contributed by atoms with Crippen LogP contribution in [0.3, 0.4) is 0 Å². The van der Waals surface area contributed by atoms with E-state index in [1.54, 1.807) is 41.6 Å². The molecule has 4 rings (SSSR count). The van der Waals surface area contributed by atoms with Crippen LogP contribution >= 0.6 is 11.3 Å². The molecule has 0 atom stereocenters. The van der Waals surface area contributed by atoms with Gasteiger partial charge in [-0.25, -0.2) is 13.4 Å². The zero-order valence-corrected chi connectivity index (χ0v) is 20.1. The molecular weight excluding hydrogens is 464 g/mol. The molecule has 1 saturated heterocycles. The maximum Gasteiger partial charge on any atom is 0.266 e. The van der Waals surface area contributed by atoms with Crippen LogP contribution in [0, 0.1) is 6.92 Å². The molecule has 1 amide bonds. The van der Waals surface area contributed by atoms with Crippen molar-refractivity contribution in [3.05, 3.63) is 52.7 Å². The second-order valence-electron chi connectivity index (χ2n) is 7.75. The maximum absolute atomic E-state index is 13.0. The number of rotatable bonds is 6. The molecule has 0 saturated carbocycles. The summed E-state index contributed by atoms with van der Waals surface area (Å²) < 4.78 is 35.4. The number of amides is 1. The quantitative estimate of drug-likeness (QED) is 0.534. The Morgan fingerprint density at radius 2 is 1.91 bits per heavy atom. The summed E-state index contributed by atoms with van der Waals surface area (Å²) in [5.74, 6) is -0.242. The van der Waals surface area contributed by atoms with E-state index in [2.05, 4.69) is 9.71 Å². The Morgan fingerprint density at radius 3 is 2.61 bits per heavy atom. The van der Waals surface area contributed by atoms with Crippen molar-refractivity contribution in [2.75, 3.05) is 31.0 Å². The lowest BCUT2D eigenvalue weighted by Gasteiger charge is -2.26. The van der Waals surface area contributed by atoms with Gasteiger partial charge in [0.1, 0.15) is 14.8 Å². The summed E-state index contributed by atoms with van der Waals surface area (Å²) in [5, 5.41) is 0.562. The molecule has 2 aromatic heterocycles. The topological polar surface area (TPSA) is 111 Å². The van der Waals surface area contributed by atoms with Gasteiger partial charge in [-0.15, -0.1) is 11.3 Å². The third kappa shape index (κ3) is 4.85. The number of benzene rings is 1. The molecule has 11 heteroatoms. The van der Waals surface area contributed by atoms with E-state index in [9.17, 15) is 18.0 Å². The monoisotopic (exact) mass is 488 g/mol. The number of morpholine rings is 1. The van der Waals surface area contributed by atoms with Crippen LogP contribution in [0.5, 0.6) is 0 Å². The molecule has 1 aromatic carbocycles. The first-order valence-corrected chi connectivity index (χ1v) is 12.6. The molecule has 0 unspecified atom stereocenters. The number of carbonyl (C=O) groups is 2. The van der Waals surface area contributed by atoms with Crippen LogP contribution in [0.15, 0.2) is 41.4 Å². The van der Waals surface area contributed by atoms with E-state index < -0.39 is 10.0 Å². The first kappa shape index (κ1) is 23.1. The van der Waals surface area contributed by atoms with Gasteiger partial charge in [0, 0.05) is 37.6 Å². The van der Waals surface area contributed by atoms with E-state index in [1.165, 1.54) is 36.6 Å². The fraction of sp³-hybridized carbons (Fsp3) is 0.318. The molecule has 0 bridgehead atoms. The first-order valence-electron chi connectivity index (χ1n) is 10.3. The van der Waals surface area contributed by atoms with E-state index in [4.69, 9.17) is 4.74 Å². The number of carbonyl (C=O) groups excluding carboxylic acids is 2. The highest BCUT2D eigenvalue weighted by atomic mass is 32.2. The lowest BCUT2D eigenvalue weighted by Crippen LogP contribution is -2.40. The molecule has 1 aliphatic rings. The van der Waals surface area contributed by atoms with Crippen molar-refractivity contribution in [1.82, 2.24) is 14.5 Å². The van der Waals surface area contributed by atoms with Gasteiger partial charge < -0.3 is 14.2 Å². The van der Waals surface area contributed by atoms with Crippen molar-refractivity contribution >= 4 is 38.7 Å². The van der Waals surface area contributed by atoms with Crippen molar-refractivity contribution in [3.8, 4) is 10.7 Å². The average molecular weight is 489 g/mol. The molecule has 174 valence electrons. The number of hydrogen-bond donors (Lipinski definition) is 1. The highest BCUT2D eigenvalue weighted by Gasteiger charge is 2.25. The van der Waals surface area contributed by atoms with Gasteiger partial charge in [-0.3, -0.25) is 14.3 Å². The summed E-state index contributed by atoms with van der Waals surface area (Å²) in [5.41, 5.74) is 1.91. The Bertz CT molecular complexity index is 1320. The second kappa shape index (κ2) is 9.08. The summed E-state index contributed by atoms with van der Waals surface area (Å²) in [7, 11) is -2.17. The Kier molecular flexibility index (Phi) is 6.37. The molecule has 3 aromatic rings. The first-order chi connectivity index (χ1) is 15.7. The summed E-state index contributed by atoms with van der Waals surface area (Å²) in [6.07, 6.45) is 1.49. The minimum atomic E-state index is -3.90. The van der Waals surface area contributed by atoms with Crippen LogP contribution in [-0.2, 0) is 21.8 Å². The van der Waals surface area contributed by atoms with Crippen molar-refractivity contribution < 1.29 is 22.7 Å². The molecule has 3 heterocycles. The molecule has 0 radical (unpaired) electrons. The number of nitrogens with one attached hydrogen (secondary N) is 1. The van der Waals surface area contributed by atoms with E-state index in [-0.39, 0.29) is 16.6 Å². The maximum atomic E-state index is 13.0. The molecular formula is C22H24N4O5S2. The van der Waals surface area contributed by atoms with E-state index in [0.717, 1.165) is 0 Å². The Hall–Kier alpha value is -3.02. The minimum absolute atomic E-state index is 0.0575. The van der Waals surface area contributed by atoms with Crippen molar-refractivity contribution in [2.24, 2.45) is 7.05 Å². The Labute approximate surface area is 196 Å². The van der Waals surface area contributed by atoms with Gasteiger partial charge in [0.15, 0.2) is 5.78 Å². The van der Waals surface area contributed by atoms with Gasteiger partial charge in [-0.05, 0) is 32.0 Å². The zero-order valence-electron chi connectivity index (χ0n) is 18.5. The molecule has 0 aliphatic carbocycles. The second-order valence-corrected chi connectivity index (χ2v) is 10.4.